The third-order valence-corrected chi connectivity index (χ3v) is 3.74. The van der Waals surface area contributed by atoms with Gasteiger partial charge < -0.3 is 5.73 Å². The molecule has 1 nitrogen and oxygen atoms in total. The van der Waals surface area contributed by atoms with Gasteiger partial charge in [0.1, 0.15) is 0 Å². The zero-order chi connectivity index (χ0) is 11.8. The van der Waals surface area contributed by atoms with E-state index in [0.717, 1.165) is 12.3 Å². The zero-order valence-corrected chi connectivity index (χ0v) is 10.7. The molecule has 1 saturated carbocycles. The molecule has 2 rings (SSSR count). The van der Waals surface area contributed by atoms with E-state index in [-0.39, 0.29) is 5.54 Å². The maximum absolute atomic E-state index is 6.35. The zero-order valence-electron chi connectivity index (χ0n) is 10.7. The molecule has 1 aromatic rings. The second-order valence-corrected chi connectivity index (χ2v) is 5.85. The summed E-state index contributed by atoms with van der Waals surface area (Å²) in [5, 5.41) is 0. The van der Waals surface area contributed by atoms with Crippen LogP contribution in [0.1, 0.15) is 50.7 Å². The Morgan fingerprint density at radius 1 is 1.25 bits per heavy atom. The molecule has 0 bridgehead atoms. The summed E-state index contributed by atoms with van der Waals surface area (Å²) in [4.78, 5) is 0. The van der Waals surface area contributed by atoms with E-state index in [1.165, 1.54) is 24.0 Å². The Kier molecular flexibility index (Phi) is 3.07. The Bertz CT molecular complexity index is 344. The molecule has 1 aliphatic carbocycles. The first-order chi connectivity index (χ1) is 7.49. The fourth-order valence-corrected chi connectivity index (χ4v) is 2.35. The van der Waals surface area contributed by atoms with E-state index >= 15 is 0 Å². The summed E-state index contributed by atoms with van der Waals surface area (Å²) in [7, 11) is 0. The molecule has 1 fully saturated rings. The second-order valence-electron chi connectivity index (χ2n) is 5.85. The fraction of sp³-hybridized carbons (Fsp3) is 0.600. The predicted molar refractivity (Wildman–Crippen MR) is 69.6 cm³/mol. The first kappa shape index (κ1) is 11.7. The topological polar surface area (TPSA) is 26.0 Å². The summed E-state index contributed by atoms with van der Waals surface area (Å²) in [5.74, 6) is 1.36. The molecule has 88 valence electrons. The highest BCUT2D eigenvalue weighted by atomic mass is 14.8. The van der Waals surface area contributed by atoms with Crippen molar-refractivity contribution in [3.63, 3.8) is 0 Å². The predicted octanol–water partition coefficient (Wildman–Crippen LogP) is 3.48. The summed E-state index contributed by atoms with van der Waals surface area (Å²) >= 11 is 0. The molecule has 0 aromatic heterocycles. The van der Waals surface area contributed by atoms with E-state index in [9.17, 15) is 0 Å². The maximum atomic E-state index is 6.35. The molecule has 2 N–H and O–H groups in total. The van der Waals surface area contributed by atoms with Crippen LogP contribution in [0.25, 0.3) is 0 Å². The van der Waals surface area contributed by atoms with Crippen molar-refractivity contribution in [2.45, 2.75) is 51.5 Å². The van der Waals surface area contributed by atoms with Crippen molar-refractivity contribution in [1.82, 2.24) is 0 Å². The van der Waals surface area contributed by atoms with Gasteiger partial charge in [-0.3, -0.25) is 0 Å². The lowest BCUT2D eigenvalue weighted by atomic mass is 9.88. The van der Waals surface area contributed by atoms with Gasteiger partial charge >= 0.3 is 0 Å². The standard InChI is InChI=1S/C15H23N/c1-11(2)13-6-4-12(5-7-13)10-15(3,16)14-8-9-14/h4-7,11,14H,8-10,16H2,1-3H3. The summed E-state index contributed by atoms with van der Waals surface area (Å²) in [6.45, 7) is 6.65. The Morgan fingerprint density at radius 2 is 1.81 bits per heavy atom. The van der Waals surface area contributed by atoms with Gasteiger partial charge in [0.05, 0.1) is 0 Å². The summed E-state index contributed by atoms with van der Waals surface area (Å²) in [6, 6.07) is 8.96. The Balaban J connectivity index is 2.04. The van der Waals surface area contributed by atoms with Crippen LogP contribution in [-0.4, -0.2) is 5.54 Å². The van der Waals surface area contributed by atoms with Crippen molar-refractivity contribution in [3.8, 4) is 0 Å². The minimum Gasteiger partial charge on any atom is -0.325 e. The lowest BCUT2D eigenvalue weighted by Crippen LogP contribution is -2.40. The number of rotatable bonds is 4. The average Bonchev–Trinajstić information content (AvgIpc) is 3.01. The Hall–Kier alpha value is -0.820. The smallest absolute Gasteiger partial charge is 0.0195 e. The summed E-state index contributed by atoms with van der Waals surface area (Å²) in [5.41, 5.74) is 9.14. The molecule has 0 saturated heterocycles. The van der Waals surface area contributed by atoms with E-state index in [4.69, 9.17) is 5.73 Å². The Morgan fingerprint density at radius 3 is 2.25 bits per heavy atom. The van der Waals surface area contributed by atoms with E-state index in [1.54, 1.807) is 0 Å². The van der Waals surface area contributed by atoms with Gasteiger partial charge in [0.2, 0.25) is 0 Å². The van der Waals surface area contributed by atoms with Crippen LogP contribution in [0, 0.1) is 5.92 Å². The van der Waals surface area contributed by atoms with Crippen molar-refractivity contribution >= 4 is 0 Å². The highest BCUT2D eigenvalue weighted by Gasteiger charge is 2.38. The van der Waals surface area contributed by atoms with Crippen molar-refractivity contribution < 1.29 is 0 Å². The molecular weight excluding hydrogens is 194 g/mol. The molecule has 0 amide bonds. The number of benzene rings is 1. The van der Waals surface area contributed by atoms with Gasteiger partial charge in [-0.1, -0.05) is 38.1 Å². The molecule has 1 aromatic carbocycles. The van der Waals surface area contributed by atoms with Crippen LogP contribution >= 0.6 is 0 Å². The van der Waals surface area contributed by atoms with Crippen LogP contribution in [0.5, 0.6) is 0 Å². The van der Waals surface area contributed by atoms with Gasteiger partial charge in [-0.05, 0) is 49.1 Å². The number of hydrogen-bond donors (Lipinski definition) is 1. The SMILES string of the molecule is CC(C)c1ccc(CC(C)(N)C2CC2)cc1. The van der Waals surface area contributed by atoms with Gasteiger partial charge in [-0.2, -0.15) is 0 Å². The minimum absolute atomic E-state index is 0.000647. The molecule has 1 heteroatoms. The van der Waals surface area contributed by atoms with Crippen LogP contribution in [-0.2, 0) is 6.42 Å². The minimum atomic E-state index is -0.000647. The highest BCUT2D eigenvalue weighted by molar-refractivity contribution is 5.26. The third-order valence-electron chi connectivity index (χ3n) is 3.74. The maximum Gasteiger partial charge on any atom is 0.0195 e. The number of hydrogen-bond acceptors (Lipinski definition) is 1. The van der Waals surface area contributed by atoms with Gasteiger partial charge in [0, 0.05) is 5.54 Å². The van der Waals surface area contributed by atoms with Crippen molar-refractivity contribution in [3.05, 3.63) is 35.4 Å². The van der Waals surface area contributed by atoms with E-state index < -0.39 is 0 Å². The summed E-state index contributed by atoms with van der Waals surface area (Å²) in [6.07, 6.45) is 3.64. The fourth-order valence-electron chi connectivity index (χ4n) is 2.35. The molecular formula is C15H23N. The normalized spacial score (nSPS) is 19.8. The molecule has 0 aliphatic heterocycles. The van der Waals surface area contributed by atoms with Crippen LogP contribution < -0.4 is 5.73 Å². The van der Waals surface area contributed by atoms with Crippen LogP contribution in [0.15, 0.2) is 24.3 Å². The van der Waals surface area contributed by atoms with Crippen LogP contribution in [0.3, 0.4) is 0 Å². The van der Waals surface area contributed by atoms with Crippen LogP contribution in [0.2, 0.25) is 0 Å². The molecule has 1 atom stereocenters. The molecule has 1 unspecified atom stereocenters. The van der Waals surface area contributed by atoms with E-state index in [2.05, 4.69) is 45.0 Å². The van der Waals surface area contributed by atoms with Crippen molar-refractivity contribution in [1.29, 1.82) is 0 Å². The molecule has 0 spiro atoms. The lowest BCUT2D eigenvalue weighted by Gasteiger charge is -2.24. The molecule has 16 heavy (non-hydrogen) atoms. The first-order valence-electron chi connectivity index (χ1n) is 6.37. The average molecular weight is 217 g/mol. The largest absolute Gasteiger partial charge is 0.325 e. The van der Waals surface area contributed by atoms with E-state index in [1.807, 2.05) is 0 Å². The monoisotopic (exact) mass is 217 g/mol. The lowest BCUT2D eigenvalue weighted by molar-refractivity contribution is 0.406. The molecule has 0 radical (unpaired) electrons. The Labute approximate surface area is 99.0 Å². The number of nitrogens with two attached hydrogens (primary N) is 1. The first-order valence-corrected chi connectivity index (χ1v) is 6.37. The molecule has 0 heterocycles. The summed E-state index contributed by atoms with van der Waals surface area (Å²) < 4.78 is 0. The quantitative estimate of drug-likeness (QED) is 0.821. The third kappa shape index (κ3) is 2.65. The van der Waals surface area contributed by atoms with Crippen molar-refractivity contribution in [2.75, 3.05) is 0 Å². The van der Waals surface area contributed by atoms with Gasteiger partial charge in [0.25, 0.3) is 0 Å². The van der Waals surface area contributed by atoms with E-state index in [0.29, 0.717) is 5.92 Å². The van der Waals surface area contributed by atoms with Crippen LogP contribution in [0.4, 0.5) is 0 Å². The molecule has 1 aliphatic rings. The van der Waals surface area contributed by atoms with Gasteiger partial charge in [-0.25, -0.2) is 0 Å². The van der Waals surface area contributed by atoms with Gasteiger partial charge in [0.15, 0.2) is 0 Å². The highest BCUT2D eigenvalue weighted by Crippen LogP contribution is 2.39. The second kappa shape index (κ2) is 4.21. The van der Waals surface area contributed by atoms with Crippen molar-refractivity contribution in [2.24, 2.45) is 11.7 Å². The van der Waals surface area contributed by atoms with Gasteiger partial charge in [-0.15, -0.1) is 0 Å².